The molecule has 0 rings (SSSR count). The van der Waals surface area contributed by atoms with Crippen LogP contribution in [0, 0.1) is 0 Å². The van der Waals surface area contributed by atoms with Crippen LogP contribution in [0.4, 0.5) is 0 Å². The van der Waals surface area contributed by atoms with Gasteiger partial charge in [0.25, 0.3) is 0 Å². The zero-order chi connectivity index (χ0) is 20.9. The number of unbranched alkanes of at least 4 members (excludes halogenated alkanes) is 14. The number of nitrogens with zero attached hydrogens (tertiary/aromatic N) is 1. The second-order valence-electron chi connectivity index (χ2n) is 8.38. The van der Waals surface area contributed by atoms with Crippen molar-refractivity contribution >= 4 is 5.91 Å². The van der Waals surface area contributed by atoms with Crippen molar-refractivity contribution < 1.29 is 15.0 Å². The number of aliphatic hydroxyl groups is 2. The number of aliphatic hydroxyl groups excluding tert-OH is 2. The maximum atomic E-state index is 12.1. The summed E-state index contributed by atoms with van der Waals surface area (Å²) < 4.78 is 0. The quantitative estimate of drug-likeness (QED) is 0.238. The van der Waals surface area contributed by atoms with Crippen LogP contribution in [0.2, 0.25) is 0 Å². The van der Waals surface area contributed by atoms with E-state index in [-0.39, 0.29) is 19.1 Å². The molecule has 0 spiro atoms. The molecule has 0 radical (unpaired) electrons. The summed E-state index contributed by atoms with van der Waals surface area (Å²) in [5.41, 5.74) is 0. The van der Waals surface area contributed by atoms with Crippen LogP contribution in [0.1, 0.15) is 123 Å². The van der Waals surface area contributed by atoms with Gasteiger partial charge in [-0.15, -0.1) is 0 Å². The Bertz CT molecular complexity index is 336. The van der Waals surface area contributed by atoms with Crippen molar-refractivity contribution in [3.8, 4) is 0 Å². The fourth-order valence-corrected chi connectivity index (χ4v) is 3.68. The molecular formula is C24H49NO3. The molecule has 0 aromatic carbocycles. The monoisotopic (exact) mass is 399 g/mol. The van der Waals surface area contributed by atoms with E-state index in [4.69, 9.17) is 5.11 Å². The van der Waals surface area contributed by atoms with Gasteiger partial charge in [0.15, 0.2) is 0 Å². The number of carbonyl (C=O) groups excluding carboxylic acids is 1. The predicted molar refractivity (Wildman–Crippen MR) is 120 cm³/mol. The first-order chi connectivity index (χ1) is 13.7. The Kier molecular flexibility index (Phi) is 20.6. The molecule has 0 aliphatic carbocycles. The Hall–Kier alpha value is -0.610. The maximum absolute atomic E-state index is 12.1. The van der Waals surface area contributed by atoms with Crippen LogP contribution in [0.15, 0.2) is 0 Å². The van der Waals surface area contributed by atoms with E-state index in [0.717, 1.165) is 19.3 Å². The van der Waals surface area contributed by atoms with Gasteiger partial charge in [-0.05, 0) is 12.8 Å². The summed E-state index contributed by atoms with van der Waals surface area (Å²) in [5.74, 6) is 0.0976. The first-order valence-electron chi connectivity index (χ1n) is 12.2. The molecule has 4 heteroatoms. The van der Waals surface area contributed by atoms with Gasteiger partial charge in [0.2, 0.25) is 5.91 Å². The third-order valence-electron chi connectivity index (χ3n) is 5.49. The molecule has 28 heavy (non-hydrogen) atoms. The van der Waals surface area contributed by atoms with Crippen molar-refractivity contribution in [1.82, 2.24) is 4.90 Å². The van der Waals surface area contributed by atoms with Gasteiger partial charge < -0.3 is 15.1 Å². The van der Waals surface area contributed by atoms with Gasteiger partial charge in [-0.3, -0.25) is 4.79 Å². The highest BCUT2D eigenvalue weighted by Gasteiger charge is 2.15. The molecule has 1 atom stereocenters. The van der Waals surface area contributed by atoms with Crippen LogP contribution in [0.25, 0.3) is 0 Å². The minimum Gasteiger partial charge on any atom is -0.394 e. The Balaban J connectivity index is 3.51. The fourth-order valence-electron chi connectivity index (χ4n) is 3.68. The second-order valence-corrected chi connectivity index (χ2v) is 8.38. The number of hydrogen-bond acceptors (Lipinski definition) is 3. The lowest BCUT2D eigenvalue weighted by Crippen LogP contribution is -2.39. The molecule has 0 aliphatic rings. The SMILES string of the molecule is CCCCCCCCCCCCCCCCCN(CC(O)CO)C(=O)CCC. The van der Waals surface area contributed by atoms with E-state index in [1.165, 1.54) is 83.5 Å². The average molecular weight is 400 g/mol. The van der Waals surface area contributed by atoms with E-state index in [1.807, 2.05) is 6.92 Å². The van der Waals surface area contributed by atoms with Crippen molar-refractivity contribution in [3.05, 3.63) is 0 Å². The molecule has 0 heterocycles. The van der Waals surface area contributed by atoms with Crippen LogP contribution < -0.4 is 0 Å². The summed E-state index contributed by atoms with van der Waals surface area (Å²) in [7, 11) is 0. The van der Waals surface area contributed by atoms with E-state index in [1.54, 1.807) is 4.90 Å². The summed E-state index contributed by atoms with van der Waals surface area (Å²) in [6.07, 6.45) is 20.5. The smallest absolute Gasteiger partial charge is 0.222 e. The van der Waals surface area contributed by atoms with Gasteiger partial charge in [0.1, 0.15) is 0 Å². The molecule has 0 aliphatic heterocycles. The maximum Gasteiger partial charge on any atom is 0.222 e. The summed E-state index contributed by atoms with van der Waals surface area (Å²) in [6.45, 7) is 4.94. The molecular weight excluding hydrogens is 350 g/mol. The highest BCUT2D eigenvalue weighted by molar-refractivity contribution is 5.76. The van der Waals surface area contributed by atoms with Gasteiger partial charge in [0, 0.05) is 19.5 Å². The second kappa shape index (κ2) is 21.1. The Morgan fingerprint density at radius 1 is 0.714 bits per heavy atom. The van der Waals surface area contributed by atoms with Crippen LogP contribution in [0.3, 0.4) is 0 Å². The highest BCUT2D eigenvalue weighted by Crippen LogP contribution is 2.13. The van der Waals surface area contributed by atoms with Gasteiger partial charge in [-0.2, -0.15) is 0 Å². The van der Waals surface area contributed by atoms with Crippen molar-refractivity contribution in [2.45, 2.75) is 129 Å². The zero-order valence-corrected chi connectivity index (χ0v) is 19.0. The zero-order valence-electron chi connectivity index (χ0n) is 19.0. The average Bonchev–Trinajstić information content (AvgIpc) is 2.69. The fraction of sp³-hybridized carbons (Fsp3) is 0.958. The number of rotatable bonds is 21. The number of carbonyl (C=O) groups is 1. The third kappa shape index (κ3) is 17.5. The molecule has 0 fully saturated rings. The minimum atomic E-state index is -0.822. The molecule has 1 unspecified atom stereocenters. The van der Waals surface area contributed by atoms with Crippen molar-refractivity contribution in [3.63, 3.8) is 0 Å². The first-order valence-corrected chi connectivity index (χ1v) is 12.2. The van der Waals surface area contributed by atoms with E-state index in [2.05, 4.69) is 6.92 Å². The Morgan fingerprint density at radius 3 is 1.54 bits per heavy atom. The van der Waals surface area contributed by atoms with Crippen molar-refractivity contribution in [2.75, 3.05) is 19.7 Å². The molecule has 0 saturated carbocycles. The largest absolute Gasteiger partial charge is 0.394 e. The molecule has 0 aromatic rings. The number of amides is 1. The molecule has 2 N–H and O–H groups in total. The molecule has 4 nitrogen and oxygen atoms in total. The predicted octanol–water partition coefficient (Wildman–Crippen LogP) is 5.84. The lowest BCUT2D eigenvalue weighted by atomic mass is 10.0. The third-order valence-corrected chi connectivity index (χ3v) is 5.49. The van der Waals surface area contributed by atoms with Crippen LogP contribution in [0.5, 0.6) is 0 Å². The summed E-state index contributed by atoms with van der Waals surface area (Å²) in [6, 6.07) is 0. The standard InChI is InChI=1S/C24H49NO3/c1-3-5-6-7-8-9-10-11-12-13-14-15-16-17-18-20-25(21-23(27)22-26)24(28)19-4-2/h23,26-27H,3-22H2,1-2H3. The van der Waals surface area contributed by atoms with E-state index < -0.39 is 6.10 Å². The number of hydrogen-bond donors (Lipinski definition) is 2. The van der Waals surface area contributed by atoms with Crippen LogP contribution in [-0.4, -0.2) is 46.8 Å². The first kappa shape index (κ1) is 27.4. The minimum absolute atomic E-state index is 0.0976. The van der Waals surface area contributed by atoms with E-state index >= 15 is 0 Å². The molecule has 1 amide bonds. The topological polar surface area (TPSA) is 60.8 Å². The van der Waals surface area contributed by atoms with E-state index in [9.17, 15) is 9.90 Å². The lowest BCUT2D eigenvalue weighted by molar-refractivity contribution is -0.133. The van der Waals surface area contributed by atoms with Gasteiger partial charge in [0.05, 0.1) is 12.7 Å². The lowest BCUT2D eigenvalue weighted by Gasteiger charge is -2.24. The Morgan fingerprint density at radius 2 is 1.14 bits per heavy atom. The van der Waals surface area contributed by atoms with Crippen LogP contribution in [-0.2, 0) is 4.79 Å². The van der Waals surface area contributed by atoms with Crippen LogP contribution >= 0.6 is 0 Å². The highest BCUT2D eigenvalue weighted by atomic mass is 16.3. The summed E-state index contributed by atoms with van der Waals surface area (Å²) >= 11 is 0. The van der Waals surface area contributed by atoms with E-state index in [0.29, 0.717) is 13.0 Å². The van der Waals surface area contributed by atoms with Gasteiger partial charge >= 0.3 is 0 Å². The summed E-state index contributed by atoms with van der Waals surface area (Å²) in [4.78, 5) is 13.8. The molecule has 0 aromatic heterocycles. The van der Waals surface area contributed by atoms with Crippen molar-refractivity contribution in [1.29, 1.82) is 0 Å². The molecule has 168 valence electrons. The summed E-state index contributed by atoms with van der Waals surface area (Å²) in [5, 5.41) is 18.6. The normalized spacial score (nSPS) is 12.3. The van der Waals surface area contributed by atoms with Crippen molar-refractivity contribution in [2.24, 2.45) is 0 Å². The molecule has 0 saturated heterocycles. The van der Waals surface area contributed by atoms with Gasteiger partial charge in [-0.25, -0.2) is 0 Å². The Labute approximate surface area is 175 Å². The molecule has 0 bridgehead atoms. The van der Waals surface area contributed by atoms with Gasteiger partial charge in [-0.1, -0.05) is 104 Å².